The summed E-state index contributed by atoms with van der Waals surface area (Å²) in [4.78, 5) is 0. The highest BCUT2D eigenvalue weighted by Crippen LogP contribution is 2.27. The average molecular weight is 334 g/mol. The number of rotatable bonds is 4. The summed E-state index contributed by atoms with van der Waals surface area (Å²) in [5.41, 5.74) is 0. The van der Waals surface area contributed by atoms with E-state index in [1.807, 2.05) is 0 Å². The fourth-order valence-electron chi connectivity index (χ4n) is 0.843. The van der Waals surface area contributed by atoms with Gasteiger partial charge in [0.05, 0.1) is 10.8 Å². The summed E-state index contributed by atoms with van der Waals surface area (Å²) in [5, 5.41) is 0.413. The van der Waals surface area contributed by atoms with E-state index in [1.54, 1.807) is 18.2 Å². The molecule has 0 aliphatic rings. The Kier molecular flexibility index (Phi) is 4.70. The van der Waals surface area contributed by atoms with Crippen molar-refractivity contribution < 1.29 is 13.2 Å². The Morgan fingerprint density at radius 3 is 2.60 bits per heavy atom. The number of benzene rings is 1. The van der Waals surface area contributed by atoms with Gasteiger partial charge in [0.25, 0.3) is 0 Å². The molecule has 1 rings (SSSR count). The second-order valence-corrected chi connectivity index (χ2v) is 6.89. The molecule has 84 valence electrons. The summed E-state index contributed by atoms with van der Waals surface area (Å²) in [6.45, 7) is -0.0206. The quantitative estimate of drug-likeness (QED) is 0.795. The van der Waals surface area contributed by atoms with Gasteiger partial charge in [0, 0.05) is 15.2 Å². The van der Waals surface area contributed by atoms with Crippen molar-refractivity contribution in [3.8, 4) is 5.75 Å². The molecule has 0 spiro atoms. The van der Waals surface area contributed by atoms with Gasteiger partial charge in [-0.1, -0.05) is 27.5 Å². The summed E-state index contributed by atoms with van der Waals surface area (Å²) in [7, 11) is 1.50. The van der Waals surface area contributed by atoms with E-state index in [0.717, 1.165) is 4.47 Å². The number of hydrogen-bond acceptors (Lipinski definition) is 3. The minimum absolute atomic E-state index is 0.0206. The van der Waals surface area contributed by atoms with Crippen LogP contribution in [0.25, 0.3) is 0 Å². The van der Waals surface area contributed by atoms with Crippen LogP contribution in [0.4, 0.5) is 0 Å². The Morgan fingerprint density at radius 1 is 1.40 bits per heavy atom. The predicted octanol–water partition coefficient (Wildman–Crippen LogP) is 3.05. The second-order valence-electron chi connectivity index (χ2n) is 2.67. The van der Waals surface area contributed by atoms with Gasteiger partial charge in [0.2, 0.25) is 9.05 Å². The maximum Gasteiger partial charge on any atom is 0.235 e. The van der Waals surface area contributed by atoms with Gasteiger partial charge in [0.1, 0.15) is 12.4 Å². The fourth-order valence-corrected chi connectivity index (χ4v) is 2.04. The lowest BCUT2D eigenvalue weighted by Gasteiger charge is -2.06. The number of ether oxygens (including phenoxy) is 1. The van der Waals surface area contributed by atoms with Crippen molar-refractivity contribution in [1.82, 2.24) is 0 Å². The zero-order chi connectivity index (χ0) is 11.5. The van der Waals surface area contributed by atoms with Crippen LogP contribution in [0.15, 0.2) is 22.7 Å². The van der Waals surface area contributed by atoms with Crippen LogP contribution in [0.5, 0.6) is 5.75 Å². The Hall–Kier alpha value is 0.0300. The standard InChI is InChI=1S/C8H7BrCl2O3S/c9-6-1-2-8(7(10)5-6)14-3-4-15(11,12)13/h1-2,5H,3-4H2. The van der Waals surface area contributed by atoms with Crippen molar-refractivity contribution in [3.63, 3.8) is 0 Å². The normalized spacial score (nSPS) is 11.4. The average Bonchev–Trinajstić information content (AvgIpc) is 2.07. The Morgan fingerprint density at radius 2 is 2.07 bits per heavy atom. The molecule has 0 radical (unpaired) electrons. The van der Waals surface area contributed by atoms with E-state index in [1.165, 1.54) is 0 Å². The molecule has 7 heteroatoms. The Labute approximate surface area is 106 Å². The molecule has 0 unspecified atom stereocenters. The van der Waals surface area contributed by atoms with E-state index in [0.29, 0.717) is 10.8 Å². The van der Waals surface area contributed by atoms with Gasteiger partial charge in [-0.15, -0.1) is 0 Å². The largest absolute Gasteiger partial charge is 0.491 e. The first-order chi connectivity index (χ1) is 6.88. The van der Waals surface area contributed by atoms with Crippen molar-refractivity contribution in [2.45, 2.75) is 0 Å². The van der Waals surface area contributed by atoms with Crippen molar-refractivity contribution in [1.29, 1.82) is 0 Å². The van der Waals surface area contributed by atoms with E-state index < -0.39 is 9.05 Å². The molecule has 0 bridgehead atoms. The molecule has 15 heavy (non-hydrogen) atoms. The van der Waals surface area contributed by atoms with Crippen LogP contribution in [0.2, 0.25) is 5.02 Å². The van der Waals surface area contributed by atoms with E-state index in [4.69, 9.17) is 27.0 Å². The third-order valence-electron chi connectivity index (χ3n) is 1.48. The van der Waals surface area contributed by atoms with E-state index >= 15 is 0 Å². The first kappa shape index (κ1) is 13.1. The molecular weight excluding hydrogens is 327 g/mol. The molecule has 0 saturated heterocycles. The topological polar surface area (TPSA) is 43.4 Å². The van der Waals surface area contributed by atoms with Crippen molar-refractivity contribution >= 4 is 47.3 Å². The molecule has 0 aliphatic carbocycles. The fraction of sp³-hybridized carbons (Fsp3) is 0.250. The molecule has 1 aromatic rings. The maximum atomic E-state index is 10.6. The molecule has 1 aromatic carbocycles. The van der Waals surface area contributed by atoms with Crippen molar-refractivity contribution in [2.24, 2.45) is 0 Å². The van der Waals surface area contributed by atoms with Crippen LogP contribution in [0.3, 0.4) is 0 Å². The van der Waals surface area contributed by atoms with E-state index in [9.17, 15) is 8.42 Å². The molecule has 0 aromatic heterocycles. The lowest BCUT2D eigenvalue weighted by Crippen LogP contribution is -2.08. The third-order valence-corrected chi connectivity index (χ3v) is 3.38. The lowest BCUT2D eigenvalue weighted by molar-refractivity contribution is 0.341. The predicted molar refractivity (Wildman–Crippen MR) is 64.3 cm³/mol. The van der Waals surface area contributed by atoms with Crippen LogP contribution in [-0.4, -0.2) is 20.8 Å². The summed E-state index contributed by atoms with van der Waals surface area (Å²) in [5.74, 6) is 0.182. The smallest absolute Gasteiger partial charge is 0.235 e. The molecule has 0 aliphatic heterocycles. The lowest BCUT2D eigenvalue weighted by atomic mass is 10.3. The molecule has 0 N–H and O–H groups in total. The SMILES string of the molecule is O=S(=O)(Cl)CCOc1ccc(Br)cc1Cl. The van der Waals surface area contributed by atoms with Crippen LogP contribution in [0.1, 0.15) is 0 Å². The van der Waals surface area contributed by atoms with Gasteiger partial charge in [-0.25, -0.2) is 8.42 Å². The highest BCUT2D eigenvalue weighted by atomic mass is 79.9. The summed E-state index contributed by atoms with van der Waals surface area (Å²) < 4.78 is 27.2. The van der Waals surface area contributed by atoms with Crippen LogP contribution >= 0.6 is 38.2 Å². The number of hydrogen-bond donors (Lipinski definition) is 0. The summed E-state index contributed by atoms with van der Waals surface area (Å²) in [6.07, 6.45) is 0. The van der Waals surface area contributed by atoms with Gasteiger partial charge < -0.3 is 4.74 Å². The monoisotopic (exact) mass is 332 g/mol. The first-order valence-electron chi connectivity index (χ1n) is 3.89. The zero-order valence-corrected chi connectivity index (χ0v) is 11.3. The summed E-state index contributed by atoms with van der Waals surface area (Å²) >= 11 is 9.08. The van der Waals surface area contributed by atoms with Gasteiger partial charge in [0.15, 0.2) is 0 Å². The molecule has 0 saturated carbocycles. The van der Waals surface area contributed by atoms with Crippen molar-refractivity contribution in [3.05, 3.63) is 27.7 Å². The van der Waals surface area contributed by atoms with Gasteiger partial charge in [-0.2, -0.15) is 0 Å². The third kappa shape index (κ3) is 5.06. The molecule has 3 nitrogen and oxygen atoms in total. The highest BCUT2D eigenvalue weighted by molar-refractivity contribution is 9.10. The zero-order valence-electron chi connectivity index (χ0n) is 7.41. The minimum atomic E-state index is -3.52. The van der Waals surface area contributed by atoms with E-state index in [2.05, 4.69) is 15.9 Å². The van der Waals surface area contributed by atoms with Crippen LogP contribution < -0.4 is 4.74 Å². The highest BCUT2D eigenvalue weighted by Gasteiger charge is 2.07. The van der Waals surface area contributed by atoms with Gasteiger partial charge >= 0.3 is 0 Å². The minimum Gasteiger partial charge on any atom is -0.491 e. The molecule has 0 atom stereocenters. The maximum absolute atomic E-state index is 10.6. The first-order valence-corrected chi connectivity index (χ1v) is 7.53. The second kappa shape index (κ2) is 5.39. The Bertz CT molecular complexity index is 447. The van der Waals surface area contributed by atoms with Crippen LogP contribution in [-0.2, 0) is 9.05 Å². The molecular formula is C8H7BrCl2O3S. The van der Waals surface area contributed by atoms with Crippen LogP contribution in [0, 0.1) is 0 Å². The number of halogens is 3. The van der Waals surface area contributed by atoms with Gasteiger partial charge in [-0.05, 0) is 18.2 Å². The van der Waals surface area contributed by atoms with E-state index in [-0.39, 0.29) is 12.4 Å². The molecule has 0 fully saturated rings. The Balaban J connectivity index is 2.59. The summed E-state index contributed by atoms with van der Waals surface area (Å²) in [6, 6.07) is 5.05. The van der Waals surface area contributed by atoms with Gasteiger partial charge in [-0.3, -0.25) is 0 Å². The molecule has 0 heterocycles. The molecule has 0 amide bonds. The van der Waals surface area contributed by atoms with Crippen molar-refractivity contribution in [2.75, 3.05) is 12.4 Å².